The maximum absolute atomic E-state index is 10.6. The first-order chi connectivity index (χ1) is 12.9. The number of pyridine rings is 1. The third kappa shape index (κ3) is 3.94. The smallest absolute Gasteiger partial charge is 0.287 e. The molecule has 138 valence electrons. The molecule has 9 heteroatoms. The first-order valence-corrected chi connectivity index (χ1v) is 8.67. The van der Waals surface area contributed by atoms with Crippen LogP contribution in [0.2, 0.25) is 10.0 Å². The number of benzene rings is 1. The van der Waals surface area contributed by atoms with Crippen molar-refractivity contribution in [2.75, 3.05) is 5.43 Å². The van der Waals surface area contributed by atoms with Crippen molar-refractivity contribution in [3.05, 3.63) is 79.7 Å². The molecule has 27 heavy (non-hydrogen) atoms. The Morgan fingerprint density at radius 3 is 2.70 bits per heavy atom. The van der Waals surface area contributed by atoms with E-state index in [-0.39, 0.29) is 5.69 Å². The molecule has 0 saturated heterocycles. The van der Waals surface area contributed by atoms with Crippen LogP contribution in [0, 0.1) is 24.0 Å². The van der Waals surface area contributed by atoms with E-state index in [0.29, 0.717) is 15.9 Å². The summed E-state index contributed by atoms with van der Waals surface area (Å²) in [5.41, 5.74) is 6.28. The van der Waals surface area contributed by atoms with Gasteiger partial charge in [-0.25, -0.2) is 4.98 Å². The van der Waals surface area contributed by atoms with Gasteiger partial charge in [0.2, 0.25) is 0 Å². The Hall–Kier alpha value is -2.90. The second-order valence-electron chi connectivity index (χ2n) is 5.76. The number of nitrogens with zero attached hydrogens (tertiary/aromatic N) is 4. The molecular weight excluding hydrogens is 389 g/mol. The van der Waals surface area contributed by atoms with Gasteiger partial charge in [-0.1, -0.05) is 29.3 Å². The fourth-order valence-electron chi connectivity index (χ4n) is 2.68. The summed E-state index contributed by atoms with van der Waals surface area (Å²) in [6.45, 7) is 3.92. The summed E-state index contributed by atoms with van der Waals surface area (Å²) in [5, 5.41) is 15.8. The van der Waals surface area contributed by atoms with E-state index in [0.717, 1.165) is 22.6 Å². The van der Waals surface area contributed by atoms with Crippen molar-refractivity contribution < 1.29 is 4.92 Å². The van der Waals surface area contributed by atoms with Crippen molar-refractivity contribution in [1.29, 1.82) is 0 Å². The van der Waals surface area contributed by atoms with E-state index in [4.69, 9.17) is 23.2 Å². The zero-order chi connectivity index (χ0) is 19.6. The van der Waals surface area contributed by atoms with E-state index in [1.54, 1.807) is 12.3 Å². The highest BCUT2D eigenvalue weighted by atomic mass is 35.5. The Labute approximate surface area is 165 Å². The second kappa shape index (κ2) is 7.77. The standard InChI is InChI=1S/C18H15Cl2N5O2/c1-11-8-13(9-22-23-17-7-6-14(10-21-17)25(26)27)12(2)24(11)16-5-3-4-15(19)18(16)20/h3-10H,1-2H3,(H,21,23)/b22-9+. The van der Waals surface area contributed by atoms with Gasteiger partial charge >= 0.3 is 0 Å². The molecule has 0 aliphatic rings. The van der Waals surface area contributed by atoms with E-state index in [9.17, 15) is 10.1 Å². The molecule has 0 aliphatic heterocycles. The number of nitro groups is 1. The first-order valence-electron chi connectivity index (χ1n) is 7.91. The highest BCUT2D eigenvalue weighted by molar-refractivity contribution is 6.43. The van der Waals surface area contributed by atoms with Crippen LogP contribution >= 0.6 is 23.2 Å². The van der Waals surface area contributed by atoms with Gasteiger partial charge in [-0.05, 0) is 38.1 Å². The monoisotopic (exact) mass is 403 g/mol. The number of aryl methyl sites for hydroxylation is 1. The van der Waals surface area contributed by atoms with Gasteiger partial charge in [0.25, 0.3) is 5.69 Å². The van der Waals surface area contributed by atoms with E-state index in [1.165, 1.54) is 18.3 Å². The van der Waals surface area contributed by atoms with Gasteiger partial charge in [0.15, 0.2) is 0 Å². The summed E-state index contributed by atoms with van der Waals surface area (Å²) in [6, 6.07) is 10.3. The van der Waals surface area contributed by atoms with Crippen molar-refractivity contribution in [2.45, 2.75) is 13.8 Å². The van der Waals surface area contributed by atoms with Crippen LogP contribution in [-0.2, 0) is 0 Å². The summed E-state index contributed by atoms with van der Waals surface area (Å²) in [5.74, 6) is 0.406. The van der Waals surface area contributed by atoms with Crippen LogP contribution < -0.4 is 5.43 Å². The molecule has 1 N–H and O–H groups in total. The van der Waals surface area contributed by atoms with Crippen molar-refractivity contribution in [2.24, 2.45) is 5.10 Å². The molecule has 0 unspecified atom stereocenters. The second-order valence-corrected chi connectivity index (χ2v) is 6.55. The lowest BCUT2D eigenvalue weighted by atomic mass is 10.2. The molecule has 0 atom stereocenters. The molecule has 3 rings (SSSR count). The lowest BCUT2D eigenvalue weighted by Gasteiger charge is -2.12. The van der Waals surface area contributed by atoms with Crippen LogP contribution in [0.1, 0.15) is 17.0 Å². The number of aromatic nitrogens is 2. The van der Waals surface area contributed by atoms with Crippen molar-refractivity contribution in [3.63, 3.8) is 0 Å². The number of hydrogen-bond donors (Lipinski definition) is 1. The highest BCUT2D eigenvalue weighted by Gasteiger charge is 2.13. The number of nitrogens with one attached hydrogen (secondary N) is 1. The van der Waals surface area contributed by atoms with Crippen LogP contribution in [0.5, 0.6) is 0 Å². The molecule has 0 aliphatic carbocycles. The largest absolute Gasteiger partial charge is 0.316 e. The number of halogens is 2. The number of hydrazone groups is 1. The lowest BCUT2D eigenvalue weighted by Crippen LogP contribution is -2.01. The molecule has 0 radical (unpaired) electrons. The van der Waals surface area contributed by atoms with Crippen LogP contribution in [0.25, 0.3) is 5.69 Å². The fourth-order valence-corrected chi connectivity index (χ4v) is 3.06. The summed E-state index contributed by atoms with van der Waals surface area (Å²) in [7, 11) is 0. The van der Waals surface area contributed by atoms with Crippen LogP contribution in [0.15, 0.2) is 47.7 Å². The maximum Gasteiger partial charge on any atom is 0.287 e. The Morgan fingerprint density at radius 1 is 1.26 bits per heavy atom. The molecule has 0 bridgehead atoms. The van der Waals surface area contributed by atoms with E-state index < -0.39 is 4.92 Å². The van der Waals surface area contributed by atoms with E-state index in [1.807, 2.05) is 36.6 Å². The normalized spacial score (nSPS) is 11.1. The van der Waals surface area contributed by atoms with Gasteiger partial charge in [0.05, 0.1) is 26.9 Å². The number of anilines is 1. The number of hydrogen-bond acceptors (Lipinski definition) is 5. The Kier molecular flexibility index (Phi) is 5.43. The topological polar surface area (TPSA) is 85.3 Å². The minimum Gasteiger partial charge on any atom is -0.316 e. The van der Waals surface area contributed by atoms with Gasteiger partial charge in [-0.3, -0.25) is 15.5 Å². The molecule has 7 nitrogen and oxygen atoms in total. The summed E-state index contributed by atoms with van der Waals surface area (Å²) >= 11 is 12.5. The molecule has 0 amide bonds. The van der Waals surface area contributed by atoms with E-state index in [2.05, 4.69) is 15.5 Å². The zero-order valence-electron chi connectivity index (χ0n) is 14.5. The van der Waals surface area contributed by atoms with Crippen molar-refractivity contribution in [1.82, 2.24) is 9.55 Å². The molecule has 0 fully saturated rings. The summed E-state index contributed by atoms with van der Waals surface area (Å²) in [4.78, 5) is 14.1. The minimum absolute atomic E-state index is 0.0773. The maximum atomic E-state index is 10.6. The quantitative estimate of drug-likeness (QED) is 0.362. The Bertz CT molecular complexity index is 1030. The average molecular weight is 404 g/mol. The van der Waals surface area contributed by atoms with E-state index >= 15 is 0 Å². The third-order valence-corrected chi connectivity index (χ3v) is 4.79. The van der Waals surface area contributed by atoms with Gasteiger partial charge in [0.1, 0.15) is 12.0 Å². The van der Waals surface area contributed by atoms with Gasteiger partial charge < -0.3 is 4.57 Å². The van der Waals surface area contributed by atoms with Gasteiger partial charge in [0, 0.05) is 23.0 Å². The molecule has 0 spiro atoms. The van der Waals surface area contributed by atoms with Crippen molar-refractivity contribution >= 4 is 40.9 Å². The van der Waals surface area contributed by atoms with Crippen molar-refractivity contribution in [3.8, 4) is 5.69 Å². The summed E-state index contributed by atoms with van der Waals surface area (Å²) in [6.07, 6.45) is 2.82. The third-order valence-electron chi connectivity index (χ3n) is 3.98. The molecule has 0 saturated carbocycles. The zero-order valence-corrected chi connectivity index (χ0v) is 16.0. The summed E-state index contributed by atoms with van der Waals surface area (Å²) < 4.78 is 2.00. The van der Waals surface area contributed by atoms with Gasteiger partial charge in [-0.15, -0.1) is 0 Å². The Morgan fingerprint density at radius 2 is 2.04 bits per heavy atom. The molecule has 2 heterocycles. The molecule has 1 aromatic carbocycles. The predicted molar refractivity (Wildman–Crippen MR) is 107 cm³/mol. The fraction of sp³-hybridized carbons (Fsp3) is 0.111. The van der Waals surface area contributed by atoms with Crippen LogP contribution in [-0.4, -0.2) is 20.7 Å². The Balaban J connectivity index is 1.83. The number of rotatable bonds is 5. The van der Waals surface area contributed by atoms with Crippen LogP contribution in [0.4, 0.5) is 11.5 Å². The predicted octanol–water partition coefficient (Wildman–Crippen LogP) is 5.15. The SMILES string of the molecule is Cc1cc(/C=N/Nc2ccc([N+](=O)[O-])cn2)c(C)n1-c1cccc(Cl)c1Cl. The van der Waals surface area contributed by atoms with Gasteiger partial charge in [-0.2, -0.15) is 5.10 Å². The first kappa shape index (κ1) is 18.9. The molecule has 2 aromatic heterocycles. The lowest BCUT2D eigenvalue weighted by molar-refractivity contribution is -0.385. The molecule has 3 aromatic rings. The van der Waals surface area contributed by atoms with Crippen LogP contribution in [0.3, 0.4) is 0 Å². The minimum atomic E-state index is -0.504. The highest BCUT2D eigenvalue weighted by Crippen LogP contribution is 2.31. The molecular formula is C18H15Cl2N5O2. The average Bonchev–Trinajstić information content (AvgIpc) is 2.92.